The molecule has 0 saturated carbocycles. The van der Waals surface area contributed by atoms with Gasteiger partial charge in [-0.3, -0.25) is 4.79 Å². The maximum atomic E-state index is 12.8. The van der Waals surface area contributed by atoms with E-state index in [1.165, 1.54) is 4.31 Å². The predicted molar refractivity (Wildman–Crippen MR) is 95.3 cm³/mol. The van der Waals surface area contributed by atoms with Crippen LogP contribution in [0, 0.1) is 19.8 Å². The molecule has 0 N–H and O–H groups in total. The van der Waals surface area contributed by atoms with E-state index >= 15 is 0 Å². The van der Waals surface area contributed by atoms with Gasteiger partial charge in [0.2, 0.25) is 15.9 Å². The first-order valence-electron chi connectivity index (χ1n) is 8.63. The molecule has 0 bridgehead atoms. The minimum absolute atomic E-state index is 0.0119. The Kier molecular flexibility index (Phi) is 6.04. The normalized spacial score (nSPS) is 17.8. The summed E-state index contributed by atoms with van der Waals surface area (Å²) < 4.78 is 27.1. The van der Waals surface area contributed by atoms with Crippen LogP contribution in [0.15, 0.2) is 23.1 Å². The van der Waals surface area contributed by atoms with Crippen molar-refractivity contribution in [2.75, 3.05) is 26.2 Å². The van der Waals surface area contributed by atoms with E-state index in [0.29, 0.717) is 31.1 Å². The summed E-state index contributed by atoms with van der Waals surface area (Å²) in [5, 5.41) is 0. The zero-order chi connectivity index (χ0) is 17.9. The fourth-order valence-electron chi connectivity index (χ4n) is 3.04. The van der Waals surface area contributed by atoms with Crippen LogP contribution in [0.1, 0.15) is 37.8 Å². The molecule has 1 aromatic carbocycles. The predicted octanol–water partition coefficient (Wildman–Crippen LogP) is 2.57. The summed E-state index contributed by atoms with van der Waals surface area (Å²) in [4.78, 5) is 14.5. The largest absolute Gasteiger partial charge is 0.340 e. The molecule has 24 heavy (non-hydrogen) atoms. The Labute approximate surface area is 145 Å². The summed E-state index contributed by atoms with van der Waals surface area (Å²) in [7, 11) is -3.49. The van der Waals surface area contributed by atoms with Crippen LogP contribution in [0.5, 0.6) is 0 Å². The molecule has 5 nitrogen and oxygen atoms in total. The molecule has 1 atom stereocenters. The summed E-state index contributed by atoms with van der Waals surface area (Å²) in [6.07, 6.45) is 1.86. The number of nitrogens with zero attached hydrogens (tertiary/aromatic N) is 2. The smallest absolute Gasteiger partial charge is 0.243 e. The molecule has 0 aromatic heterocycles. The third kappa shape index (κ3) is 3.98. The van der Waals surface area contributed by atoms with E-state index in [9.17, 15) is 13.2 Å². The van der Waals surface area contributed by atoms with Gasteiger partial charge in [0, 0.05) is 32.1 Å². The lowest BCUT2D eigenvalue weighted by molar-refractivity contribution is -0.136. The van der Waals surface area contributed by atoms with Crippen molar-refractivity contribution in [2.45, 2.75) is 45.4 Å². The Bertz CT molecular complexity index is 692. The van der Waals surface area contributed by atoms with Gasteiger partial charge in [0.25, 0.3) is 0 Å². The van der Waals surface area contributed by atoms with Crippen LogP contribution in [-0.4, -0.2) is 49.7 Å². The van der Waals surface area contributed by atoms with Crippen molar-refractivity contribution < 1.29 is 13.2 Å². The lowest BCUT2D eigenvalue weighted by Gasteiger charge is -2.35. The van der Waals surface area contributed by atoms with E-state index in [0.717, 1.165) is 24.0 Å². The molecule has 1 amide bonds. The van der Waals surface area contributed by atoms with Gasteiger partial charge in [-0.1, -0.05) is 26.3 Å². The highest BCUT2D eigenvalue weighted by Gasteiger charge is 2.31. The van der Waals surface area contributed by atoms with Crippen molar-refractivity contribution in [3.05, 3.63) is 29.3 Å². The molecule has 1 saturated heterocycles. The molecule has 6 heteroatoms. The van der Waals surface area contributed by atoms with Crippen molar-refractivity contribution in [1.82, 2.24) is 9.21 Å². The molecular weight excluding hydrogens is 324 g/mol. The van der Waals surface area contributed by atoms with Gasteiger partial charge in [0.15, 0.2) is 0 Å². The molecule has 1 fully saturated rings. The first-order valence-corrected chi connectivity index (χ1v) is 10.1. The Morgan fingerprint density at radius 3 is 2.29 bits per heavy atom. The molecule has 2 rings (SSSR count). The quantitative estimate of drug-likeness (QED) is 0.818. The van der Waals surface area contributed by atoms with Crippen molar-refractivity contribution in [3.8, 4) is 0 Å². The van der Waals surface area contributed by atoms with Gasteiger partial charge in [-0.25, -0.2) is 8.42 Å². The van der Waals surface area contributed by atoms with E-state index in [2.05, 4.69) is 6.92 Å². The van der Waals surface area contributed by atoms with Crippen LogP contribution in [0.25, 0.3) is 0 Å². The fraction of sp³-hybridized carbons (Fsp3) is 0.611. The maximum Gasteiger partial charge on any atom is 0.243 e. The minimum atomic E-state index is -3.49. The van der Waals surface area contributed by atoms with Gasteiger partial charge in [-0.15, -0.1) is 0 Å². The van der Waals surface area contributed by atoms with E-state index in [-0.39, 0.29) is 11.8 Å². The minimum Gasteiger partial charge on any atom is -0.340 e. The molecule has 1 unspecified atom stereocenters. The van der Waals surface area contributed by atoms with E-state index in [1.807, 2.05) is 26.8 Å². The molecule has 0 radical (unpaired) electrons. The van der Waals surface area contributed by atoms with Gasteiger partial charge >= 0.3 is 0 Å². The highest BCUT2D eigenvalue weighted by atomic mass is 32.2. The number of sulfonamides is 1. The molecule has 134 valence electrons. The Hall–Kier alpha value is -1.40. The zero-order valence-corrected chi connectivity index (χ0v) is 15.9. The highest BCUT2D eigenvalue weighted by molar-refractivity contribution is 7.89. The van der Waals surface area contributed by atoms with Gasteiger partial charge in [-0.05, 0) is 43.5 Å². The second-order valence-electron chi connectivity index (χ2n) is 6.67. The lowest BCUT2D eigenvalue weighted by atomic mass is 10.0. The van der Waals surface area contributed by atoms with Crippen molar-refractivity contribution >= 4 is 15.9 Å². The van der Waals surface area contributed by atoms with Crippen LogP contribution >= 0.6 is 0 Å². The molecular formula is C18H28N2O3S. The molecule has 1 aliphatic rings. The Morgan fingerprint density at radius 1 is 1.12 bits per heavy atom. The monoisotopic (exact) mass is 352 g/mol. The van der Waals surface area contributed by atoms with E-state index in [4.69, 9.17) is 0 Å². The Morgan fingerprint density at radius 2 is 1.75 bits per heavy atom. The number of rotatable bonds is 5. The highest BCUT2D eigenvalue weighted by Crippen LogP contribution is 2.21. The summed E-state index contributed by atoms with van der Waals surface area (Å²) in [6.45, 7) is 9.56. The maximum absolute atomic E-state index is 12.8. The van der Waals surface area contributed by atoms with Gasteiger partial charge in [0.05, 0.1) is 4.90 Å². The number of carbonyl (C=O) groups is 1. The van der Waals surface area contributed by atoms with E-state index in [1.54, 1.807) is 17.0 Å². The SMILES string of the molecule is CCCC(C)C(=O)N1CCN(S(=O)(=O)c2ccc(C)c(C)c2)CC1. The summed E-state index contributed by atoms with van der Waals surface area (Å²) in [6, 6.07) is 5.23. The first kappa shape index (κ1) is 18.9. The van der Waals surface area contributed by atoms with Crippen LogP contribution < -0.4 is 0 Å². The fourth-order valence-corrected chi connectivity index (χ4v) is 4.55. The average molecular weight is 353 g/mol. The third-order valence-electron chi connectivity index (χ3n) is 4.81. The first-order chi connectivity index (χ1) is 11.3. The summed E-state index contributed by atoms with van der Waals surface area (Å²) >= 11 is 0. The van der Waals surface area contributed by atoms with E-state index < -0.39 is 10.0 Å². The van der Waals surface area contributed by atoms with Crippen molar-refractivity contribution in [2.24, 2.45) is 5.92 Å². The van der Waals surface area contributed by atoms with Crippen LogP contribution in [-0.2, 0) is 14.8 Å². The van der Waals surface area contributed by atoms with Gasteiger partial charge < -0.3 is 4.90 Å². The number of hydrogen-bond donors (Lipinski definition) is 0. The molecule has 0 aliphatic carbocycles. The van der Waals surface area contributed by atoms with Crippen LogP contribution in [0.4, 0.5) is 0 Å². The van der Waals surface area contributed by atoms with Crippen molar-refractivity contribution in [3.63, 3.8) is 0 Å². The molecule has 1 heterocycles. The molecule has 0 spiro atoms. The second-order valence-corrected chi connectivity index (χ2v) is 8.60. The number of piperazine rings is 1. The average Bonchev–Trinajstić information content (AvgIpc) is 2.57. The topological polar surface area (TPSA) is 57.7 Å². The number of carbonyl (C=O) groups excluding carboxylic acids is 1. The lowest BCUT2D eigenvalue weighted by Crippen LogP contribution is -2.51. The number of aryl methyl sites for hydroxylation is 2. The molecule has 1 aromatic rings. The molecule has 1 aliphatic heterocycles. The van der Waals surface area contributed by atoms with Crippen LogP contribution in [0.2, 0.25) is 0 Å². The van der Waals surface area contributed by atoms with Gasteiger partial charge in [0.1, 0.15) is 0 Å². The summed E-state index contributed by atoms with van der Waals surface area (Å²) in [5.74, 6) is 0.151. The standard InChI is InChI=1S/C18H28N2O3S/c1-5-6-15(3)18(21)19-9-11-20(12-10-19)24(22,23)17-8-7-14(2)16(4)13-17/h7-8,13,15H,5-6,9-12H2,1-4H3. The number of amides is 1. The number of hydrogen-bond acceptors (Lipinski definition) is 3. The zero-order valence-electron chi connectivity index (χ0n) is 15.1. The van der Waals surface area contributed by atoms with Gasteiger partial charge in [-0.2, -0.15) is 4.31 Å². The van der Waals surface area contributed by atoms with Crippen LogP contribution in [0.3, 0.4) is 0 Å². The van der Waals surface area contributed by atoms with Crippen molar-refractivity contribution in [1.29, 1.82) is 0 Å². The second kappa shape index (κ2) is 7.66. The number of benzene rings is 1. The summed E-state index contributed by atoms with van der Waals surface area (Å²) in [5.41, 5.74) is 2.05. The third-order valence-corrected chi connectivity index (χ3v) is 6.70. The Balaban J connectivity index is 2.05.